The Bertz CT molecular complexity index is 310. The fraction of sp³-hybridized carbons (Fsp3) is 0.600. The summed E-state index contributed by atoms with van der Waals surface area (Å²) < 4.78 is 0. The quantitative estimate of drug-likeness (QED) is 0.785. The molecule has 94 valence electrons. The molecule has 2 heteroatoms. The standard InChI is InChI=1S/C15H24N2/c1-2-3-5-10-15-13-16-11-12-17(15)14-8-6-4-7-9-14/h4,6-9,15-16H,2-3,5,10-13H2,1H3. The van der Waals surface area contributed by atoms with Crippen LogP contribution in [0.5, 0.6) is 0 Å². The molecule has 1 aliphatic rings. The lowest BCUT2D eigenvalue weighted by molar-refractivity contribution is 0.439. The van der Waals surface area contributed by atoms with E-state index in [0.29, 0.717) is 6.04 Å². The number of piperazine rings is 1. The number of hydrogen-bond donors (Lipinski definition) is 1. The van der Waals surface area contributed by atoms with Gasteiger partial charge in [0.2, 0.25) is 0 Å². The van der Waals surface area contributed by atoms with Crippen LogP contribution >= 0.6 is 0 Å². The zero-order valence-corrected chi connectivity index (χ0v) is 10.9. The van der Waals surface area contributed by atoms with Crippen LogP contribution in [0.2, 0.25) is 0 Å². The van der Waals surface area contributed by atoms with E-state index in [2.05, 4.69) is 47.5 Å². The van der Waals surface area contributed by atoms with Crippen LogP contribution in [-0.4, -0.2) is 25.7 Å². The maximum atomic E-state index is 3.52. The number of unbranched alkanes of at least 4 members (excludes halogenated alkanes) is 2. The van der Waals surface area contributed by atoms with Crippen LogP contribution in [0, 0.1) is 0 Å². The highest BCUT2D eigenvalue weighted by Crippen LogP contribution is 2.20. The smallest absolute Gasteiger partial charge is 0.0415 e. The Morgan fingerprint density at radius 1 is 1.24 bits per heavy atom. The molecule has 1 atom stereocenters. The van der Waals surface area contributed by atoms with Gasteiger partial charge in [0, 0.05) is 31.4 Å². The largest absolute Gasteiger partial charge is 0.366 e. The third-order valence-corrected chi connectivity index (χ3v) is 3.58. The highest BCUT2D eigenvalue weighted by molar-refractivity contribution is 5.47. The van der Waals surface area contributed by atoms with E-state index < -0.39 is 0 Å². The molecule has 1 unspecified atom stereocenters. The number of benzene rings is 1. The van der Waals surface area contributed by atoms with E-state index in [4.69, 9.17) is 0 Å². The summed E-state index contributed by atoms with van der Waals surface area (Å²) in [4.78, 5) is 2.58. The van der Waals surface area contributed by atoms with Crippen LogP contribution in [0.4, 0.5) is 5.69 Å². The molecule has 0 radical (unpaired) electrons. The second-order valence-electron chi connectivity index (χ2n) is 4.88. The lowest BCUT2D eigenvalue weighted by Crippen LogP contribution is -2.51. The van der Waals surface area contributed by atoms with Gasteiger partial charge >= 0.3 is 0 Å². The first-order valence-electron chi connectivity index (χ1n) is 6.94. The van der Waals surface area contributed by atoms with Crippen molar-refractivity contribution in [1.82, 2.24) is 5.32 Å². The van der Waals surface area contributed by atoms with Gasteiger partial charge < -0.3 is 10.2 Å². The molecule has 0 bridgehead atoms. The van der Waals surface area contributed by atoms with Crippen molar-refractivity contribution in [3.05, 3.63) is 30.3 Å². The number of anilines is 1. The molecule has 2 nitrogen and oxygen atoms in total. The van der Waals surface area contributed by atoms with Gasteiger partial charge in [-0.25, -0.2) is 0 Å². The van der Waals surface area contributed by atoms with Gasteiger partial charge in [-0.15, -0.1) is 0 Å². The molecular weight excluding hydrogens is 208 g/mol. The van der Waals surface area contributed by atoms with Crippen molar-refractivity contribution in [3.8, 4) is 0 Å². The number of nitrogens with zero attached hydrogens (tertiary/aromatic N) is 1. The second kappa shape index (κ2) is 6.65. The average molecular weight is 232 g/mol. The maximum Gasteiger partial charge on any atom is 0.0415 e. The molecule has 1 saturated heterocycles. The number of rotatable bonds is 5. The van der Waals surface area contributed by atoms with E-state index >= 15 is 0 Å². The van der Waals surface area contributed by atoms with Gasteiger partial charge in [-0.2, -0.15) is 0 Å². The molecular formula is C15H24N2. The minimum absolute atomic E-state index is 0.678. The van der Waals surface area contributed by atoms with E-state index in [-0.39, 0.29) is 0 Å². The molecule has 1 heterocycles. The third kappa shape index (κ3) is 3.47. The van der Waals surface area contributed by atoms with Gasteiger partial charge in [-0.3, -0.25) is 0 Å². The van der Waals surface area contributed by atoms with Gasteiger partial charge in [0.1, 0.15) is 0 Å². The van der Waals surface area contributed by atoms with Crippen molar-refractivity contribution in [2.75, 3.05) is 24.5 Å². The summed E-state index contributed by atoms with van der Waals surface area (Å²) >= 11 is 0. The highest BCUT2D eigenvalue weighted by atomic mass is 15.2. The topological polar surface area (TPSA) is 15.3 Å². The summed E-state index contributed by atoms with van der Waals surface area (Å²) in [5.41, 5.74) is 1.38. The Balaban J connectivity index is 1.97. The van der Waals surface area contributed by atoms with Crippen molar-refractivity contribution in [2.24, 2.45) is 0 Å². The van der Waals surface area contributed by atoms with Gasteiger partial charge in [0.05, 0.1) is 0 Å². The predicted molar refractivity (Wildman–Crippen MR) is 74.6 cm³/mol. The van der Waals surface area contributed by atoms with Gasteiger partial charge in [-0.1, -0.05) is 44.4 Å². The molecule has 0 aliphatic carbocycles. The first-order chi connectivity index (χ1) is 8.42. The van der Waals surface area contributed by atoms with Crippen LogP contribution in [0.25, 0.3) is 0 Å². The zero-order valence-electron chi connectivity index (χ0n) is 10.9. The Hall–Kier alpha value is -1.02. The molecule has 0 amide bonds. The summed E-state index contributed by atoms with van der Waals surface area (Å²) in [6.07, 6.45) is 5.34. The molecule has 1 aromatic carbocycles. The summed E-state index contributed by atoms with van der Waals surface area (Å²) in [6.45, 7) is 5.66. The molecule has 1 aromatic rings. The van der Waals surface area contributed by atoms with E-state index in [9.17, 15) is 0 Å². The van der Waals surface area contributed by atoms with Gasteiger partial charge in [-0.05, 0) is 18.6 Å². The van der Waals surface area contributed by atoms with Crippen LogP contribution in [-0.2, 0) is 0 Å². The van der Waals surface area contributed by atoms with Crippen LogP contribution < -0.4 is 10.2 Å². The second-order valence-corrected chi connectivity index (χ2v) is 4.88. The third-order valence-electron chi connectivity index (χ3n) is 3.58. The minimum atomic E-state index is 0.678. The first-order valence-corrected chi connectivity index (χ1v) is 6.94. The number of nitrogens with one attached hydrogen (secondary N) is 1. The van der Waals surface area contributed by atoms with Crippen molar-refractivity contribution in [3.63, 3.8) is 0 Å². The summed E-state index contributed by atoms with van der Waals surface area (Å²) in [7, 11) is 0. The lowest BCUT2D eigenvalue weighted by atomic mass is 10.0. The Labute approximate surface area is 105 Å². The molecule has 1 N–H and O–H groups in total. The summed E-state index contributed by atoms with van der Waals surface area (Å²) in [5, 5.41) is 3.52. The summed E-state index contributed by atoms with van der Waals surface area (Å²) in [5.74, 6) is 0. The summed E-state index contributed by atoms with van der Waals surface area (Å²) in [6, 6.07) is 11.5. The molecule has 2 rings (SSSR count). The van der Waals surface area contributed by atoms with Crippen LogP contribution in [0.3, 0.4) is 0 Å². The van der Waals surface area contributed by atoms with E-state index in [1.54, 1.807) is 0 Å². The van der Waals surface area contributed by atoms with E-state index in [1.165, 1.54) is 31.4 Å². The SMILES string of the molecule is CCCCCC1CNCCN1c1ccccc1. The van der Waals surface area contributed by atoms with Crippen molar-refractivity contribution in [1.29, 1.82) is 0 Å². The van der Waals surface area contributed by atoms with E-state index in [1.807, 2.05) is 0 Å². The van der Waals surface area contributed by atoms with Gasteiger partial charge in [0.25, 0.3) is 0 Å². The van der Waals surface area contributed by atoms with Gasteiger partial charge in [0.15, 0.2) is 0 Å². The van der Waals surface area contributed by atoms with Crippen molar-refractivity contribution in [2.45, 2.75) is 38.6 Å². The molecule has 1 aliphatic heterocycles. The monoisotopic (exact) mass is 232 g/mol. The normalized spacial score (nSPS) is 20.5. The molecule has 1 fully saturated rings. The number of para-hydroxylation sites is 1. The molecule has 17 heavy (non-hydrogen) atoms. The average Bonchev–Trinajstić information content (AvgIpc) is 2.41. The van der Waals surface area contributed by atoms with E-state index in [0.717, 1.165) is 19.6 Å². The Kier molecular flexibility index (Phi) is 4.87. The lowest BCUT2D eigenvalue weighted by Gasteiger charge is -2.38. The fourth-order valence-corrected chi connectivity index (χ4v) is 2.61. The fourth-order valence-electron chi connectivity index (χ4n) is 2.61. The predicted octanol–water partition coefficient (Wildman–Crippen LogP) is 3.05. The Morgan fingerprint density at radius 2 is 2.06 bits per heavy atom. The Morgan fingerprint density at radius 3 is 2.82 bits per heavy atom. The van der Waals surface area contributed by atoms with Crippen LogP contribution in [0.1, 0.15) is 32.6 Å². The van der Waals surface area contributed by atoms with Crippen LogP contribution in [0.15, 0.2) is 30.3 Å². The zero-order chi connectivity index (χ0) is 11.9. The molecule has 0 aromatic heterocycles. The highest BCUT2D eigenvalue weighted by Gasteiger charge is 2.21. The molecule has 0 spiro atoms. The van der Waals surface area contributed by atoms with Crippen molar-refractivity contribution < 1.29 is 0 Å². The van der Waals surface area contributed by atoms with Crippen molar-refractivity contribution >= 4 is 5.69 Å². The molecule has 0 saturated carbocycles. The minimum Gasteiger partial charge on any atom is -0.366 e. The first kappa shape index (κ1) is 12.4. The number of hydrogen-bond acceptors (Lipinski definition) is 2. The maximum absolute atomic E-state index is 3.52.